The third kappa shape index (κ3) is 3.65. The number of carbonyl (C=O) groups is 1. The van der Waals surface area contributed by atoms with Crippen LogP contribution >= 0.6 is 11.6 Å². The number of rotatable bonds is 4. The molecule has 0 aliphatic carbocycles. The second-order valence-electron chi connectivity index (χ2n) is 6.88. The van der Waals surface area contributed by atoms with Crippen LogP contribution in [0.5, 0.6) is 11.5 Å². The van der Waals surface area contributed by atoms with Crippen molar-refractivity contribution in [2.45, 2.75) is 19.5 Å². The minimum atomic E-state index is -0.283. The molecule has 3 aromatic rings. The summed E-state index contributed by atoms with van der Waals surface area (Å²) in [6.07, 6.45) is 2.12. The summed E-state index contributed by atoms with van der Waals surface area (Å²) in [5.74, 6) is 1.17. The normalized spacial score (nSPS) is 13.3. The van der Waals surface area contributed by atoms with Crippen molar-refractivity contribution < 1.29 is 14.3 Å². The number of aromatic nitrogens is 2. The summed E-state index contributed by atoms with van der Waals surface area (Å²) < 4.78 is 12.0. The molecule has 2 aromatic carbocycles. The Bertz CT molecular complexity index is 1160. The Kier molecular flexibility index (Phi) is 5.15. The largest absolute Gasteiger partial charge is 0.493 e. The molecule has 0 unspecified atom stereocenters. The van der Waals surface area contributed by atoms with Gasteiger partial charge >= 0.3 is 0 Å². The van der Waals surface area contributed by atoms with Crippen LogP contribution in [0.4, 0.5) is 0 Å². The van der Waals surface area contributed by atoms with Gasteiger partial charge in [0.2, 0.25) is 5.91 Å². The highest BCUT2D eigenvalue weighted by Gasteiger charge is 2.23. The minimum Gasteiger partial charge on any atom is -0.493 e. The van der Waals surface area contributed by atoms with Crippen LogP contribution in [0.1, 0.15) is 11.1 Å². The highest BCUT2D eigenvalue weighted by Crippen LogP contribution is 2.33. The highest BCUT2D eigenvalue weighted by atomic mass is 35.5. The summed E-state index contributed by atoms with van der Waals surface area (Å²) in [7, 11) is 3.19. The monoisotopic (exact) mass is 413 g/mol. The molecule has 0 saturated carbocycles. The summed E-state index contributed by atoms with van der Waals surface area (Å²) in [6.45, 7) is 0.954. The molecule has 4 rings (SSSR count). The number of hydrogen-bond donors (Lipinski definition) is 0. The molecule has 0 spiro atoms. The van der Waals surface area contributed by atoms with Crippen molar-refractivity contribution >= 4 is 28.4 Å². The van der Waals surface area contributed by atoms with Gasteiger partial charge in [0.25, 0.3) is 5.56 Å². The summed E-state index contributed by atoms with van der Waals surface area (Å²) in [6, 6.07) is 8.80. The molecule has 8 heteroatoms. The summed E-state index contributed by atoms with van der Waals surface area (Å²) in [4.78, 5) is 31.6. The van der Waals surface area contributed by atoms with Gasteiger partial charge in [0, 0.05) is 18.1 Å². The van der Waals surface area contributed by atoms with Gasteiger partial charge in [-0.15, -0.1) is 0 Å². The van der Waals surface area contributed by atoms with Crippen molar-refractivity contribution in [3.63, 3.8) is 0 Å². The number of ether oxygens (including phenoxy) is 2. The van der Waals surface area contributed by atoms with Crippen molar-refractivity contribution in [3.8, 4) is 11.5 Å². The number of benzene rings is 2. The molecule has 1 aliphatic rings. The fourth-order valence-corrected chi connectivity index (χ4v) is 3.76. The lowest BCUT2D eigenvalue weighted by Gasteiger charge is -2.29. The molecular weight excluding hydrogens is 394 g/mol. The minimum absolute atomic E-state index is 0.0725. The molecule has 0 bridgehead atoms. The van der Waals surface area contributed by atoms with Crippen LogP contribution in [-0.2, 0) is 24.3 Å². The Hall–Kier alpha value is -3.06. The lowest BCUT2D eigenvalue weighted by molar-refractivity contribution is -0.132. The molecule has 0 radical (unpaired) electrons. The third-order valence-electron chi connectivity index (χ3n) is 5.16. The van der Waals surface area contributed by atoms with Crippen LogP contribution in [0.2, 0.25) is 5.02 Å². The van der Waals surface area contributed by atoms with Crippen LogP contribution < -0.4 is 15.0 Å². The molecule has 0 atom stereocenters. The van der Waals surface area contributed by atoms with Crippen LogP contribution in [0.3, 0.4) is 0 Å². The summed E-state index contributed by atoms with van der Waals surface area (Å²) >= 11 is 5.99. The average molecular weight is 414 g/mol. The van der Waals surface area contributed by atoms with Crippen molar-refractivity contribution in [2.24, 2.45) is 0 Å². The predicted octanol–water partition coefficient (Wildman–Crippen LogP) is 2.65. The van der Waals surface area contributed by atoms with E-state index >= 15 is 0 Å². The van der Waals surface area contributed by atoms with Gasteiger partial charge in [-0.3, -0.25) is 14.2 Å². The molecule has 2 heterocycles. The number of hydrogen-bond acceptors (Lipinski definition) is 5. The highest BCUT2D eigenvalue weighted by molar-refractivity contribution is 6.31. The molecule has 0 N–H and O–H groups in total. The Balaban J connectivity index is 1.57. The zero-order valence-electron chi connectivity index (χ0n) is 16.1. The lowest BCUT2D eigenvalue weighted by Crippen LogP contribution is -2.39. The van der Waals surface area contributed by atoms with E-state index in [0.29, 0.717) is 46.9 Å². The van der Waals surface area contributed by atoms with Gasteiger partial charge in [-0.25, -0.2) is 4.98 Å². The van der Waals surface area contributed by atoms with E-state index in [9.17, 15) is 9.59 Å². The van der Waals surface area contributed by atoms with Gasteiger partial charge in [0.05, 0.1) is 31.4 Å². The Labute approximate surface area is 172 Å². The second-order valence-corrected chi connectivity index (χ2v) is 7.32. The van der Waals surface area contributed by atoms with Crippen molar-refractivity contribution in [3.05, 3.63) is 63.2 Å². The maximum atomic E-state index is 12.9. The third-order valence-corrected chi connectivity index (χ3v) is 5.40. The fraction of sp³-hybridized carbons (Fsp3) is 0.286. The molecule has 29 heavy (non-hydrogen) atoms. The first-order valence-corrected chi connectivity index (χ1v) is 9.54. The van der Waals surface area contributed by atoms with Gasteiger partial charge < -0.3 is 14.4 Å². The van der Waals surface area contributed by atoms with Crippen LogP contribution in [0, 0.1) is 0 Å². The zero-order valence-corrected chi connectivity index (χ0v) is 16.9. The molecule has 1 aromatic heterocycles. The molecule has 0 saturated heterocycles. The van der Waals surface area contributed by atoms with Crippen LogP contribution in [0.25, 0.3) is 10.9 Å². The quantitative estimate of drug-likeness (QED) is 0.657. The van der Waals surface area contributed by atoms with Gasteiger partial charge in [-0.2, -0.15) is 0 Å². The lowest BCUT2D eigenvalue weighted by atomic mass is 9.98. The topological polar surface area (TPSA) is 73.7 Å². The smallest absolute Gasteiger partial charge is 0.261 e. The van der Waals surface area contributed by atoms with Gasteiger partial charge in [-0.1, -0.05) is 11.6 Å². The average Bonchev–Trinajstić information content (AvgIpc) is 2.74. The first-order valence-electron chi connectivity index (χ1n) is 9.16. The number of amides is 1. The van der Waals surface area contributed by atoms with E-state index < -0.39 is 0 Å². The first kappa shape index (κ1) is 19.3. The van der Waals surface area contributed by atoms with Crippen molar-refractivity contribution in [1.82, 2.24) is 14.5 Å². The molecule has 0 fully saturated rings. The molecule has 150 valence electrons. The van der Waals surface area contributed by atoms with E-state index in [-0.39, 0.29) is 18.0 Å². The van der Waals surface area contributed by atoms with Crippen molar-refractivity contribution in [2.75, 3.05) is 20.8 Å². The standard InChI is InChI=1S/C21H20ClN3O4/c1-28-18-7-13-5-6-24(10-14(13)8-19(18)29-2)20(26)11-25-12-23-17-4-3-15(22)9-16(17)21(25)27/h3-4,7-9,12H,5-6,10-11H2,1-2H3. The second kappa shape index (κ2) is 7.75. The maximum absolute atomic E-state index is 12.9. The van der Waals surface area contributed by atoms with Crippen molar-refractivity contribution in [1.29, 1.82) is 0 Å². The predicted molar refractivity (Wildman–Crippen MR) is 110 cm³/mol. The molecule has 1 amide bonds. The van der Waals surface area contributed by atoms with E-state index in [4.69, 9.17) is 21.1 Å². The van der Waals surface area contributed by atoms with Crippen LogP contribution in [0.15, 0.2) is 41.5 Å². The molecule has 7 nitrogen and oxygen atoms in total. The first-order chi connectivity index (χ1) is 14.0. The molecule has 1 aliphatic heterocycles. The van der Waals surface area contributed by atoms with Crippen LogP contribution in [-0.4, -0.2) is 41.1 Å². The Morgan fingerprint density at radius 2 is 1.86 bits per heavy atom. The molecular formula is C21H20ClN3O4. The zero-order chi connectivity index (χ0) is 20.5. The SMILES string of the molecule is COc1cc2c(cc1OC)CN(C(=O)Cn1cnc3ccc(Cl)cc3c1=O)CC2. The van der Waals surface area contributed by atoms with E-state index in [1.165, 1.54) is 10.9 Å². The van der Waals surface area contributed by atoms with E-state index in [1.807, 2.05) is 12.1 Å². The van der Waals surface area contributed by atoms with Gasteiger partial charge in [0.15, 0.2) is 11.5 Å². The number of methoxy groups -OCH3 is 2. The fourth-order valence-electron chi connectivity index (χ4n) is 3.59. The Morgan fingerprint density at radius 1 is 1.14 bits per heavy atom. The number of carbonyl (C=O) groups excluding carboxylic acids is 1. The van der Waals surface area contributed by atoms with Gasteiger partial charge in [-0.05, 0) is 47.9 Å². The number of halogens is 1. The number of nitrogens with zero attached hydrogens (tertiary/aromatic N) is 3. The summed E-state index contributed by atoms with van der Waals surface area (Å²) in [5, 5.41) is 0.853. The maximum Gasteiger partial charge on any atom is 0.261 e. The Morgan fingerprint density at radius 3 is 2.59 bits per heavy atom. The van der Waals surface area contributed by atoms with E-state index in [2.05, 4.69) is 4.98 Å². The van der Waals surface area contributed by atoms with Gasteiger partial charge in [0.1, 0.15) is 6.54 Å². The van der Waals surface area contributed by atoms with E-state index in [0.717, 1.165) is 11.1 Å². The summed E-state index contributed by atoms with van der Waals surface area (Å²) in [5.41, 5.74) is 2.41. The van der Waals surface area contributed by atoms with E-state index in [1.54, 1.807) is 37.3 Å². The number of fused-ring (bicyclic) bond motifs is 2.